The molecule has 2 aliphatic heterocycles. The molecule has 0 radical (unpaired) electrons. The zero-order valence-corrected chi connectivity index (χ0v) is 71.7. The molecule has 26 rings (SSSR count). The zero-order chi connectivity index (χ0) is 98.7. The van der Waals surface area contributed by atoms with Crippen molar-refractivity contribution in [3.63, 3.8) is 0 Å². The van der Waals surface area contributed by atoms with Gasteiger partial charge in [-0.2, -0.15) is 0 Å². The van der Waals surface area contributed by atoms with E-state index in [2.05, 4.69) is 174 Å². The molecule has 0 N–H and O–H groups in total. The molecule has 0 unspecified atom stereocenters. The summed E-state index contributed by atoms with van der Waals surface area (Å²) in [5, 5.41) is 5.49. The summed E-state index contributed by atoms with van der Waals surface area (Å²) in [6, 6.07) is 105. The Labute approximate surface area is 772 Å². The van der Waals surface area contributed by atoms with Crippen molar-refractivity contribution in [1.82, 2.24) is 9.13 Å². The fourth-order valence-electron chi connectivity index (χ4n) is 20.4. The first-order valence-corrected chi connectivity index (χ1v) is 44.1. The van der Waals surface area contributed by atoms with Crippen LogP contribution in [0.25, 0.3) is 199 Å². The maximum atomic E-state index is 10.5. The number of hydrogen-bond acceptors (Lipinski definition) is 5. The van der Waals surface area contributed by atoms with Gasteiger partial charge in [0.2, 0.25) is 0 Å². The maximum absolute atomic E-state index is 10.5. The summed E-state index contributed by atoms with van der Waals surface area (Å²) in [5.74, 6) is 0. The molecular formula is C122H85BN4O3. The maximum Gasteiger partial charge on any atom is 0.252 e. The van der Waals surface area contributed by atoms with Crippen molar-refractivity contribution in [2.45, 2.75) is 52.4 Å². The van der Waals surface area contributed by atoms with Gasteiger partial charge in [-0.05, 0) is 210 Å². The molecule has 7 nitrogen and oxygen atoms in total. The Bertz CT molecular complexity index is 9270. The first-order valence-electron chi connectivity index (χ1n) is 51.1. The van der Waals surface area contributed by atoms with Crippen LogP contribution in [0.4, 0.5) is 34.1 Å². The molecule has 2 aliphatic rings. The summed E-state index contributed by atoms with van der Waals surface area (Å²) < 4.78 is 166. The summed E-state index contributed by atoms with van der Waals surface area (Å²) >= 11 is 0. The summed E-state index contributed by atoms with van der Waals surface area (Å²) in [6.07, 6.45) is 0. The summed E-state index contributed by atoms with van der Waals surface area (Å²) in [7, 11) is 0. The number of rotatable bonds is 11. The topological polar surface area (TPSA) is 55.8 Å². The van der Waals surface area contributed by atoms with Crippen molar-refractivity contribution in [3.05, 3.63) is 417 Å². The van der Waals surface area contributed by atoms with Gasteiger partial charge in [0.1, 0.15) is 33.5 Å². The van der Waals surface area contributed by atoms with Crippen molar-refractivity contribution in [3.8, 4) is 89.3 Å². The van der Waals surface area contributed by atoms with Crippen molar-refractivity contribution < 1.29 is 32.4 Å². The molecule has 8 heteroatoms. The fourth-order valence-corrected chi connectivity index (χ4v) is 20.4. The van der Waals surface area contributed by atoms with Gasteiger partial charge in [-0.1, -0.05) is 320 Å². The van der Waals surface area contributed by atoms with Crippen LogP contribution in [0.3, 0.4) is 0 Å². The lowest BCUT2D eigenvalue weighted by atomic mass is 9.33. The van der Waals surface area contributed by atoms with Gasteiger partial charge in [-0.25, -0.2) is 0 Å². The van der Waals surface area contributed by atoms with Gasteiger partial charge in [-0.3, -0.25) is 0 Å². The molecule has 7 heterocycles. The van der Waals surface area contributed by atoms with Crippen LogP contribution in [0.1, 0.15) is 71.9 Å². The minimum Gasteiger partial charge on any atom is -0.456 e. The van der Waals surface area contributed by atoms with Gasteiger partial charge < -0.3 is 32.2 Å². The molecule has 0 aliphatic carbocycles. The normalized spacial score (nSPS) is 14.3. The molecule has 0 atom stereocenters. The highest BCUT2D eigenvalue weighted by Gasteiger charge is 2.47. The van der Waals surface area contributed by atoms with Crippen LogP contribution in [0.2, 0.25) is 0 Å². The predicted molar refractivity (Wildman–Crippen MR) is 546 cm³/mol. The van der Waals surface area contributed by atoms with Gasteiger partial charge in [-0.15, -0.1) is 0 Å². The van der Waals surface area contributed by atoms with Gasteiger partial charge >= 0.3 is 0 Å². The number of hydrogen-bond donors (Lipinski definition) is 0. The van der Waals surface area contributed by atoms with Crippen molar-refractivity contribution >= 4 is 167 Å². The molecule has 0 amide bonds. The Balaban J connectivity index is 0.899. The lowest BCUT2D eigenvalue weighted by molar-refractivity contribution is 0.591. The average Bonchev–Trinajstić information content (AvgIpc) is 1.21. The van der Waals surface area contributed by atoms with Crippen molar-refractivity contribution in [1.29, 1.82) is 0 Å². The molecular weight excluding hydrogens is 1580 g/mol. The molecule has 0 fully saturated rings. The SMILES string of the molecule is [2H]c1c([2H])c([2H])c2c(c1[2H])c1c([2H])c(C(C)(C)C)c([2H])c([2H])c1n2-c1ccc2c(c1)N(c1c(-c3ccccc3)cc(-c3ccccc3)cc1-c1cccc3c1oc1ccccc13)c1cc(-c3ccc4oc5ccccc5c4c3)cc3c1B2c1ccc(-n2c4c([2H])c([2H])c([2H])c([2H])c4c4c([2H])c(C(C)(C)C)c([2H])c([2H])c42)cc1N3c1c(-c2ccccc2)cc(-c2ccccc2)cc1-c1cccc2c1oc1ccccc12. The number of furan rings is 3. The van der Waals surface area contributed by atoms with E-state index in [9.17, 15) is 19.2 Å². The molecule has 130 heavy (non-hydrogen) atoms. The van der Waals surface area contributed by atoms with E-state index >= 15 is 0 Å². The molecule has 24 aromatic rings. The van der Waals surface area contributed by atoms with Crippen LogP contribution in [0.15, 0.2) is 419 Å². The van der Waals surface area contributed by atoms with Gasteiger partial charge in [0, 0.05) is 121 Å². The third-order valence-corrected chi connectivity index (χ3v) is 26.5. The minimum absolute atomic E-state index is 0.00404. The Morgan fingerprint density at radius 2 is 0.631 bits per heavy atom. The lowest BCUT2D eigenvalue weighted by Gasteiger charge is -2.46. The second-order valence-corrected chi connectivity index (χ2v) is 36.3. The third-order valence-electron chi connectivity index (χ3n) is 26.5. The van der Waals surface area contributed by atoms with E-state index in [4.69, 9.17) is 13.3 Å². The van der Waals surface area contributed by atoms with E-state index in [1.165, 1.54) is 0 Å². The minimum atomic E-state index is -0.898. The van der Waals surface area contributed by atoms with Gasteiger partial charge in [0.25, 0.3) is 6.71 Å². The number of aromatic nitrogens is 2. The average molecular weight is 1680 g/mol. The van der Waals surface area contributed by atoms with Crippen LogP contribution in [0.5, 0.6) is 0 Å². The van der Waals surface area contributed by atoms with Crippen molar-refractivity contribution in [2.24, 2.45) is 0 Å². The smallest absolute Gasteiger partial charge is 0.252 e. The quantitative estimate of drug-likeness (QED) is 0.121. The van der Waals surface area contributed by atoms with Crippen LogP contribution < -0.4 is 26.2 Å². The third kappa shape index (κ3) is 11.6. The second-order valence-electron chi connectivity index (χ2n) is 36.3. The Morgan fingerprint density at radius 3 is 1.08 bits per heavy atom. The highest BCUT2D eigenvalue weighted by molar-refractivity contribution is 7.00. The Morgan fingerprint density at radius 1 is 0.254 bits per heavy atom. The number of benzene rings is 19. The lowest BCUT2D eigenvalue weighted by Crippen LogP contribution is -2.61. The van der Waals surface area contributed by atoms with Gasteiger partial charge in [0.15, 0.2) is 0 Å². The van der Waals surface area contributed by atoms with E-state index in [1.807, 2.05) is 199 Å². The second kappa shape index (κ2) is 28.7. The highest BCUT2D eigenvalue weighted by Crippen LogP contribution is 2.58. The molecule has 0 bridgehead atoms. The summed E-state index contributed by atoms with van der Waals surface area (Å²) in [5.41, 5.74) is 20.4. The van der Waals surface area contributed by atoms with Crippen LogP contribution >= 0.6 is 0 Å². The first-order chi connectivity index (χ1) is 69.6. The molecule has 19 aromatic carbocycles. The summed E-state index contributed by atoms with van der Waals surface area (Å²) in [4.78, 5) is 4.72. The standard InChI is InChI=1S/C122H85BN4O3/c1-121(2,3)82-54-60-106-97(70-82)86-39-19-24-48-104(86)124(106)84-56-58-102-108(72-84)126(117-95(76-35-15-9-16-36-76)64-79(74-31-11-7-12-32-74)66-100(117)93-46-29-44-91-88-41-21-27-51-113(88)129-119(91)93)110-68-81(78-53-62-115-99(63-78)90-43-23-26-50-112(90)128-115)69-111-116(110)123(102)103-59-57-85(125-105-49-25-20-40-87(105)98-71-83(122(4,5)6)55-61-107(98)125)73-109(103)127(111)118-96(77-37-17-10-18-38-77)65-80(75-33-13-8-14-34-75)67-101(118)94-47-30-45-92-89-42-22-28-52-114(89)130-120(92)94/h7-73H,1-6H3/i19D,20D,24D,25D,39D,40D,48D,49D,54D,55D,60D,61D,70D,71D. The van der Waals surface area contributed by atoms with E-state index in [0.29, 0.717) is 95.5 Å². The monoisotopic (exact) mass is 1680 g/mol. The molecule has 614 valence electrons. The molecule has 0 saturated carbocycles. The van der Waals surface area contributed by atoms with Gasteiger partial charge in [0.05, 0.1) is 52.6 Å². The van der Waals surface area contributed by atoms with E-state index < -0.39 is 65.9 Å². The van der Waals surface area contributed by atoms with Crippen LogP contribution in [0, 0.1) is 0 Å². The highest BCUT2D eigenvalue weighted by atomic mass is 16.3. The fraction of sp³-hybridized carbons (Fsp3) is 0.0656. The molecule has 0 saturated heterocycles. The number of para-hydroxylation sites is 7. The number of nitrogens with zero attached hydrogens (tertiary/aromatic N) is 4. The van der Waals surface area contributed by atoms with Crippen LogP contribution in [-0.4, -0.2) is 15.8 Å². The summed E-state index contributed by atoms with van der Waals surface area (Å²) in [6.45, 7) is 10.4. The Kier molecular flexibility index (Phi) is 13.7. The first kappa shape index (κ1) is 62.1. The van der Waals surface area contributed by atoms with Crippen molar-refractivity contribution in [2.75, 3.05) is 9.80 Å². The predicted octanol–water partition coefficient (Wildman–Crippen LogP) is 31.9. The van der Waals surface area contributed by atoms with E-state index in [0.717, 1.165) is 110 Å². The number of anilines is 6. The van der Waals surface area contributed by atoms with E-state index in [1.54, 1.807) is 9.13 Å². The van der Waals surface area contributed by atoms with Crippen LogP contribution in [-0.2, 0) is 10.8 Å². The van der Waals surface area contributed by atoms with E-state index in [-0.39, 0.29) is 91.0 Å². The number of fused-ring (bicyclic) bond motifs is 19. The zero-order valence-electron chi connectivity index (χ0n) is 85.7. The Hall–Kier alpha value is -16.2. The molecule has 0 spiro atoms. The molecule has 5 aromatic heterocycles. The largest absolute Gasteiger partial charge is 0.456 e.